The second kappa shape index (κ2) is 8.29. The Labute approximate surface area is 95.3 Å². The van der Waals surface area contributed by atoms with Crippen molar-refractivity contribution < 1.29 is 9.59 Å². The highest BCUT2D eigenvalue weighted by Crippen LogP contribution is 1.94. The first kappa shape index (κ1) is 14.0. The fourth-order valence-electron chi connectivity index (χ4n) is 0.937. The summed E-state index contributed by atoms with van der Waals surface area (Å²) in [6.07, 6.45) is 3.66. The van der Waals surface area contributed by atoms with E-state index in [1.54, 1.807) is 13.1 Å². The van der Waals surface area contributed by atoms with Crippen LogP contribution in [0.4, 0.5) is 4.79 Å². The van der Waals surface area contributed by atoms with Gasteiger partial charge in [0.25, 0.3) is 0 Å². The molecule has 0 fully saturated rings. The van der Waals surface area contributed by atoms with Crippen LogP contribution in [0.15, 0.2) is 12.7 Å². The summed E-state index contributed by atoms with van der Waals surface area (Å²) in [6.45, 7) is 4.19. The van der Waals surface area contributed by atoms with Gasteiger partial charge in [0.2, 0.25) is 5.91 Å². The molecule has 0 rings (SSSR count). The molecule has 0 aromatic carbocycles. The zero-order valence-corrected chi connectivity index (χ0v) is 9.72. The molecule has 0 saturated carbocycles. The van der Waals surface area contributed by atoms with Crippen molar-refractivity contribution in [3.63, 3.8) is 0 Å². The van der Waals surface area contributed by atoms with Crippen molar-refractivity contribution in [2.75, 3.05) is 19.5 Å². The zero-order valence-electron chi connectivity index (χ0n) is 8.96. The van der Waals surface area contributed by atoms with Crippen molar-refractivity contribution in [1.82, 2.24) is 10.2 Å². The summed E-state index contributed by atoms with van der Waals surface area (Å²) in [5.74, 6) is -0.121. The van der Waals surface area contributed by atoms with Crippen molar-refractivity contribution >= 4 is 23.5 Å². The largest absolute Gasteiger partial charge is 0.328 e. The van der Waals surface area contributed by atoms with Gasteiger partial charge in [0.15, 0.2) is 0 Å². The summed E-state index contributed by atoms with van der Waals surface area (Å²) in [7, 11) is 1.65. The highest BCUT2D eigenvalue weighted by atomic mass is 35.5. The summed E-state index contributed by atoms with van der Waals surface area (Å²) in [5, 5.41) is 2.25. The minimum Gasteiger partial charge on any atom is -0.328 e. The van der Waals surface area contributed by atoms with Crippen LogP contribution in [-0.4, -0.2) is 36.3 Å². The summed E-state index contributed by atoms with van der Waals surface area (Å²) in [5.41, 5.74) is 0. The van der Waals surface area contributed by atoms with Gasteiger partial charge in [-0.3, -0.25) is 10.1 Å². The molecular weight excluding hydrogens is 216 g/mol. The number of hydrogen-bond acceptors (Lipinski definition) is 2. The van der Waals surface area contributed by atoms with Crippen LogP contribution in [0.3, 0.4) is 0 Å². The van der Waals surface area contributed by atoms with Gasteiger partial charge >= 0.3 is 6.03 Å². The van der Waals surface area contributed by atoms with E-state index in [9.17, 15) is 9.59 Å². The van der Waals surface area contributed by atoms with E-state index in [-0.39, 0.29) is 24.2 Å². The minimum atomic E-state index is -0.380. The minimum absolute atomic E-state index is 0.161. The molecule has 0 aliphatic carbocycles. The lowest BCUT2D eigenvalue weighted by molar-refractivity contribution is -0.119. The molecule has 86 valence electrons. The van der Waals surface area contributed by atoms with Gasteiger partial charge in [0.05, 0.1) is 0 Å². The lowest BCUT2D eigenvalue weighted by Gasteiger charge is -2.16. The molecular formula is C10H17ClN2O2. The van der Waals surface area contributed by atoms with Gasteiger partial charge in [-0.25, -0.2) is 4.79 Å². The third kappa shape index (κ3) is 6.96. The number of urea groups is 1. The average Bonchev–Trinajstić information content (AvgIpc) is 2.18. The van der Waals surface area contributed by atoms with Crippen LogP contribution in [-0.2, 0) is 4.79 Å². The SMILES string of the molecule is C=CCCCN(C)C(=O)NC(=O)CCCl. The van der Waals surface area contributed by atoms with Crippen molar-refractivity contribution in [3.05, 3.63) is 12.7 Å². The van der Waals surface area contributed by atoms with Crippen molar-refractivity contribution in [2.45, 2.75) is 19.3 Å². The van der Waals surface area contributed by atoms with Gasteiger partial charge in [-0.05, 0) is 12.8 Å². The summed E-state index contributed by atoms with van der Waals surface area (Å²) < 4.78 is 0. The number of allylic oxidation sites excluding steroid dienone is 1. The van der Waals surface area contributed by atoms with Crippen molar-refractivity contribution in [2.24, 2.45) is 0 Å². The maximum Gasteiger partial charge on any atom is 0.323 e. The van der Waals surface area contributed by atoms with E-state index >= 15 is 0 Å². The molecule has 0 spiro atoms. The predicted molar refractivity (Wildman–Crippen MR) is 60.9 cm³/mol. The molecule has 0 bridgehead atoms. The van der Waals surface area contributed by atoms with Crippen LogP contribution < -0.4 is 5.32 Å². The highest BCUT2D eigenvalue weighted by molar-refractivity contribution is 6.19. The molecule has 4 nitrogen and oxygen atoms in total. The van der Waals surface area contributed by atoms with Gasteiger partial charge in [-0.15, -0.1) is 18.2 Å². The number of carbonyl (C=O) groups excluding carboxylic acids is 2. The Balaban J connectivity index is 3.77. The molecule has 1 N–H and O–H groups in total. The van der Waals surface area contributed by atoms with Crippen LogP contribution in [0, 0.1) is 0 Å². The Morgan fingerprint density at radius 3 is 2.73 bits per heavy atom. The van der Waals surface area contributed by atoms with E-state index in [0.717, 1.165) is 12.8 Å². The lowest BCUT2D eigenvalue weighted by atomic mass is 10.3. The van der Waals surface area contributed by atoms with E-state index in [2.05, 4.69) is 11.9 Å². The van der Waals surface area contributed by atoms with E-state index in [1.807, 2.05) is 0 Å². The fraction of sp³-hybridized carbons (Fsp3) is 0.600. The molecule has 0 saturated heterocycles. The number of carbonyl (C=O) groups is 2. The van der Waals surface area contributed by atoms with Crippen LogP contribution in [0.5, 0.6) is 0 Å². The molecule has 0 aromatic heterocycles. The average molecular weight is 233 g/mol. The lowest BCUT2D eigenvalue weighted by Crippen LogP contribution is -2.41. The standard InChI is InChI=1S/C10H17ClN2O2/c1-3-4-5-8-13(2)10(15)12-9(14)6-7-11/h3H,1,4-8H2,2H3,(H,12,14,15). The molecule has 0 unspecified atom stereocenters. The van der Waals surface area contributed by atoms with Crippen molar-refractivity contribution in [1.29, 1.82) is 0 Å². The Bertz CT molecular complexity index is 231. The number of imide groups is 1. The Kier molecular flexibility index (Phi) is 7.72. The Morgan fingerprint density at radius 2 is 2.20 bits per heavy atom. The first-order valence-corrected chi connectivity index (χ1v) is 5.37. The first-order chi connectivity index (χ1) is 7.11. The normalized spacial score (nSPS) is 9.47. The summed E-state index contributed by atoms with van der Waals surface area (Å²) in [6, 6.07) is -0.380. The number of halogens is 1. The number of nitrogens with one attached hydrogen (secondary N) is 1. The molecule has 5 heteroatoms. The predicted octanol–water partition coefficient (Wildman–Crippen LogP) is 1.75. The maximum atomic E-state index is 11.3. The smallest absolute Gasteiger partial charge is 0.323 e. The Morgan fingerprint density at radius 1 is 1.53 bits per heavy atom. The second-order valence-electron chi connectivity index (χ2n) is 3.14. The van der Waals surface area contributed by atoms with Gasteiger partial charge < -0.3 is 4.90 Å². The number of alkyl halides is 1. The number of unbranched alkanes of at least 4 members (excludes halogenated alkanes) is 1. The zero-order chi connectivity index (χ0) is 11.7. The number of amides is 3. The van der Waals surface area contributed by atoms with Crippen molar-refractivity contribution in [3.8, 4) is 0 Å². The highest BCUT2D eigenvalue weighted by Gasteiger charge is 2.10. The van der Waals surface area contributed by atoms with Gasteiger partial charge in [0.1, 0.15) is 0 Å². The molecule has 15 heavy (non-hydrogen) atoms. The van der Waals surface area contributed by atoms with E-state index < -0.39 is 0 Å². The van der Waals surface area contributed by atoms with E-state index in [1.165, 1.54) is 4.90 Å². The molecule has 0 aliphatic rings. The van der Waals surface area contributed by atoms with Gasteiger partial charge in [-0.2, -0.15) is 0 Å². The third-order valence-corrected chi connectivity index (χ3v) is 2.01. The monoisotopic (exact) mass is 232 g/mol. The number of rotatable bonds is 6. The summed E-state index contributed by atoms with van der Waals surface area (Å²) in [4.78, 5) is 23.8. The number of hydrogen-bond donors (Lipinski definition) is 1. The second-order valence-corrected chi connectivity index (χ2v) is 3.52. The molecule has 0 heterocycles. The van der Waals surface area contributed by atoms with Crippen LogP contribution in [0.25, 0.3) is 0 Å². The van der Waals surface area contributed by atoms with Crippen LogP contribution in [0.2, 0.25) is 0 Å². The van der Waals surface area contributed by atoms with E-state index in [4.69, 9.17) is 11.6 Å². The quantitative estimate of drug-likeness (QED) is 0.431. The van der Waals surface area contributed by atoms with Crippen LogP contribution >= 0.6 is 11.6 Å². The third-order valence-electron chi connectivity index (χ3n) is 1.82. The van der Waals surface area contributed by atoms with E-state index in [0.29, 0.717) is 6.54 Å². The topological polar surface area (TPSA) is 49.4 Å². The van der Waals surface area contributed by atoms with Crippen LogP contribution in [0.1, 0.15) is 19.3 Å². The maximum absolute atomic E-state index is 11.3. The van der Waals surface area contributed by atoms with Gasteiger partial charge in [0, 0.05) is 25.9 Å². The summed E-state index contributed by atoms with van der Waals surface area (Å²) >= 11 is 5.37. The molecule has 3 amide bonds. The molecule has 0 aromatic rings. The molecule has 0 aliphatic heterocycles. The first-order valence-electron chi connectivity index (χ1n) is 4.83. The molecule has 0 atom stereocenters. The fourth-order valence-corrected chi connectivity index (χ4v) is 1.11. The number of nitrogens with zero attached hydrogens (tertiary/aromatic N) is 1. The van der Waals surface area contributed by atoms with Gasteiger partial charge in [-0.1, -0.05) is 6.08 Å². The Hall–Kier alpha value is -1.03. The molecule has 0 radical (unpaired) electrons.